The molecule has 1 heterocycles. The lowest BCUT2D eigenvalue weighted by atomic mass is 10.2. The number of hydrogen-bond acceptors (Lipinski definition) is 6. The van der Waals surface area contributed by atoms with Gasteiger partial charge in [0.05, 0.1) is 11.4 Å². The number of thioether (sulfide) groups is 1. The van der Waals surface area contributed by atoms with Crippen LogP contribution in [0.2, 0.25) is 5.02 Å². The molecule has 0 saturated carbocycles. The van der Waals surface area contributed by atoms with E-state index in [1.165, 1.54) is 41.3 Å². The van der Waals surface area contributed by atoms with Crippen molar-refractivity contribution in [3.8, 4) is 0 Å². The smallest absolute Gasteiger partial charge is 0.234 e. The first-order chi connectivity index (χ1) is 12.6. The predicted molar refractivity (Wildman–Crippen MR) is 104 cm³/mol. The van der Waals surface area contributed by atoms with E-state index in [9.17, 15) is 9.18 Å². The van der Waals surface area contributed by atoms with Crippen molar-refractivity contribution in [3.05, 3.63) is 64.9 Å². The first-order valence-corrected chi connectivity index (χ1v) is 9.77. The number of anilines is 2. The fourth-order valence-electron chi connectivity index (χ4n) is 2.02. The first-order valence-electron chi connectivity index (χ1n) is 7.59. The highest BCUT2D eigenvalue weighted by Gasteiger charge is 2.11. The standard InChI is InChI=1S/C17H14ClFN4OS2/c18-12-6-7-13(19)14(8-12)21-15(24)10-25-17-23-22-16(26-17)20-9-11-4-2-1-3-5-11/h1-8H,9-10H2,(H,20,22)(H,21,24). The van der Waals surface area contributed by atoms with Gasteiger partial charge in [0.2, 0.25) is 11.0 Å². The average molecular weight is 409 g/mol. The van der Waals surface area contributed by atoms with Crippen LogP contribution in [0.4, 0.5) is 15.2 Å². The fourth-order valence-corrected chi connectivity index (χ4v) is 3.74. The average Bonchev–Trinajstić information content (AvgIpc) is 3.10. The zero-order chi connectivity index (χ0) is 18.4. The molecule has 0 atom stereocenters. The molecule has 1 aromatic heterocycles. The van der Waals surface area contributed by atoms with E-state index in [-0.39, 0.29) is 17.3 Å². The highest BCUT2D eigenvalue weighted by atomic mass is 35.5. The van der Waals surface area contributed by atoms with Crippen molar-refractivity contribution >= 4 is 51.4 Å². The molecule has 0 fully saturated rings. The van der Waals surface area contributed by atoms with Gasteiger partial charge in [-0.25, -0.2) is 4.39 Å². The van der Waals surface area contributed by atoms with E-state index < -0.39 is 5.82 Å². The molecule has 0 radical (unpaired) electrons. The lowest BCUT2D eigenvalue weighted by Gasteiger charge is -2.05. The number of carbonyl (C=O) groups is 1. The minimum absolute atomic E-state index is 0.0607. The number of halogens is 2. The molecule has 0 aliphatic rings. The monoisotopic (exact) mass is 408 g/mol. The molecule has 134 valence electrons. The molecule has 3 aromatic rings. The number of nitrogens with zero attached hydrogens (tertiary/aromatic N) is 2. The summed E-state index contributed by atoms with van der Waals surface area (Å²) in [5.74, 6) is -0.777. The van der Waals surface area contributed by atoms with Crippen molar-refractivity contribution in [3.63, 3.8) is 0 Å². The lowest BCUT2D eigenvalue weighted by molar-refractivity contribution is -0.113. The van der Waals surface area contributed by atoms with Crippen LogP contribution in [0.3, 0.4) is 0 Å². The molecular formula is C17H14ClFN4OS2. The van der Waals surface area contributed by atoms with Gasteiger partial charge in [-0.15, -0.1) is 10.2 Å². The van der Waals surface area contributed by atoms with Crippen LogP contribution in [0.15, 0.2) is 52.9 Å². The van der Waals surface area contributed by atoms with Crippen LogP contribution < -0.4 is 10.6 Å². The summed E-state index contributed by atoms with van der Waals surface area (Å²) in [6.07, 6.45) is 0. The summed E-state index contributed by atoms with van der Waals surface area (Å²) in [6.45, 7) is 0.647. The van der Waals surface area contributed by atoms with Gasteiger partial charge in [-0.1, -0.05) is 65.0 Å². The van der Waals surface area contributed by atoms with Crippen LogP contribution in [0.5, 0.6) is 0 Å². The number of benzene rings is 2. The molecule has 0 bridgehead atoms. The molecule has 0 saturated heterocycles. The molecule has 3 rings (SSSR count). The predicted octanol–water partition coefficient (Wildman–Crippen LogP) is 4.67. The third-order valence-corrected chi connectivity index (χ3v) is 5.47. The van der Waals surface area contributed by atoms with E-state index in [0.717, 1.165) is 5.56 Å². The maximum atomic E-state index is 13.6. The van der Waals surface area contributed by atoms with E-state index >= 15 is 0 Å². The Labute approximate surface area is 163 Å². The largest absolute Gasteiger partial charge is 0.356 e. The van der Waals surface area contributed by atoms with Crippen LogP contribution in [0.25, 0.3) is 0 Å². The minimum atomic E-state index is -0.531. The molecule has 0 aliphatic heterocycles. The zero-order valence-corrected chi connectivity index (χ0v) is 15.8. The van der Waals surface area contributed by atoms with Gasteiger partial charge >= 0.3 is 0 Å². The van der Waals surface area contributed by atoms with Crippen LogP contribution in [-0.4, -0.2) is 21.9 Å². The Balaban J connectivity index is 1.48. The Kier molecular flexibility index (Phi) is 6.43. The van der Waals surface area contributed by atoms with Crippen molar-refractivity contribution in [2.75, 3.05) is 16.4 Å². The van der Waals surface area contributed by atoms with E-state index in [2.05, 4.69) is 20.8 Å². The normalized spacial score (nSPS) is 10.5. The minimum Gasteiger partial charge on any atom is -0.356 e. The van der Waals surface area contributed by atoms with Gasteiger partial charge in [0.15, 0.2) is 4.34 Å². The van der Waals surface area contributed by atoms with Crippen LogP contribution in [0.1, 0.15) is 5.56 Å². The Morgan fingerprint density at radius 1 is 1.19 bits per heavy atom. The van der Waals surface area contributed by atoms with E-state index in [1.54, 1.807) is 0 Å². The third-order valence-electron chi connectivity index (χ3n) is 3.22. The van der Waals surface area contributed by atoms with E-state index in [0.29, 0.717) is 21.0 Å². The first kappa shape index (κ1) is 18.6. The molecule has 0 spiro atoms. The Bertz CT molecular complexity index is 891. The van der Waals surface area contributed by atoms with Crippen molar-refractivity contribution in [2.45, 2.75) is 10.9 Å². The zero-order valence-electron chi connectivity index (χ0n) is 13.4. The molecule has 9 heteroatoms. The fraction of sp³-hybridized carbons (Fsp3) is 0.118. The second-order valence-electron chi connectivity index (χ2n) is 5.17. The number of aromatic nitrogens is 2. The van der Waals surface area contributed by atoms with E-state index in [4.69, 9.17) is 11.6 Å². The van der Waals surface area contributed by atoms with Crippen LogP contribution in [0, 0.1) is 5.82 Å². The Hall–Kier alpha value is -2.16. The van der Waals surface area contributed by atoms with Gasteiger partial charge in [0.1, 0.15) is 5.82 Å². The Morgan fingerprint density at radius 2 is 2.00 bits per heavy atom. The maximum Gasteiger partial charge on any atom is 0.234 e. The summed E-state index contributed by atoms with van der Waals surface area (Å²) >= 11 is 8.40. The summed E-state index contributed by atoms with van der Waals surface area (Å²) in [5, 5.41) is 14.8. The van der Waals surface area contributed by atoms with E-state index in [1.807, 2.05) is 30.3 Å². The summed E-state index contributed by atoms with van der Waals surface area (Å²) in [4.78, 5) is 12.0. The summed E-state index contributed by atoms with van der Waals surface area (Å²) in [7, 11) is 0. The molecular weight excluding hydrogens is 395 g/mol. The molecule has 2 aromatic carbocycles. The number of rotatable bonds is 7. The highest BCUT2D eigenvalue weighted by Crippen LogP contribution is 2.26. The maximum absolute atomic E-state index is 13.6. The van der Waals surface area contributed by atoms with Crippen LogP contribution in [-0.2, 0) is 11.3 Å². The number of hydrogen-bond donors (Lipinski definition) is 2. The van der Waals surface area contributed by atoms with Crippen molar-refractivity contribution in [1.29, 1.82) is 0 Å². The molecule has 0 aliphatic carbocycles. The second kappa shape index (κ2) is 8.98. The summed E-state index contributed by atoms with van der Waals surface area (Å²) in [6, 6.07) is 13.9. The van der Waals surface area contributed by atoms with Gasteiger partial charge < -0.3 is 10.6 Å². The van der Waals surface area contributed by atoms with Crippen LogP contribution >= 0.6 is 34.7 Å². The molecule has 2 N–H and O–H groups in total. The number of nitrogens with one attached hydrogen (secondary N) is 2. The summed E-state index contributed by atoms with van der Waals surface area (Å²) in [5.41, 5.74) is 1.20. The number of amides is 1. The van der Waals surface area contributed by atoms with Crippen molar-refractivity contribution in [2.24, 2.45) is 0 Å². The third kappa shape index (κ3) is 5.42. The molecule has 26 heavy (non-hydrogen) atoms. The lowest BCUT2D eigenvalue weighted by Crippen LogP contribution is -2.15. The topological polar surface area (TPSA) is 66.9 Å². The number of carbonyl (C=O) groups excluding carboxylic acids is 1. The molecule has 1 amide bonds. The SMILES string of the molecule is O=C(CSc1nnc(NCc2ccccc2)s1)Nc1cc(Cl)ccc1F. The Morgan fingerprint density at radius 3 is 2.81 bits per heavy atom. The summed E-state index contributed by atoms with van der Waals surface area (Å²) < 4.78 is 14.3. The molecule has 0 unspecified atom stereocenters. The van der Waals surface area contributed by atoms with Gasteiger partial charge in [-0.3, -0.25) is 4.79 Å². The second-order valence-corrected chi connectivity index (χ2v) is 7.81. The quantitative estimate of drug-likeness (QED) is 0.556. The van der Waals surface area contributed by atoms with Gasteiger partial charge in [0, 0.05) is 11.6 Å². The van der Waals surface area contributed by atoms with Crippen molar-refractivity contribution in [1.82, 2.24) is 10.2 Å². The molecule has 5 nitrogen and oxygen atoms in total. The van der Waals surface area contributed by atoms with Crippen molar-refractivity contribution < 1.29 is 9.18 Å². The van der Waals surface area contributed by atoms with Gasteiger partial charge in [-0.2, -0.15) is 0 Å². The van der Waals surface area contributed by atoms with Gasteiger partial charge in [0.25, 0.3) is 0 Å². The van der Waals surface area contributed by atoms with Gasteiger partial charge in [-0.05, 0) is 23.8 Å². The highest BCUT2D eigenvalue weighted by molar-refractivity contribution is 8.01.